The average Bonchev–Trinajstić information content (AvgIpc) is 2.60. The lowest BCUT2D eigenvalue weighted by atomic mass is 10.0. The van der Waals surface area contributed by atoms with E-state index in [1.54, 1.807) is 18.2 Å². The number of aryl methyl sites for hydroxylation is 1. The molecule has 6 nitrogen and oxygen atoms in total. The van der Waals surface area contributed by atoms with Crippen molar-refractivity contribution in [3.63, 3.8) is 0 Å². The van der Waals surface area contributed by atoms with Gasteiger partial charge in [0.15, 0.2) is 0 Å². The first kappa shape index (κ1) is 17.8. The Bertz CT molecular complexity index is 994. The summed E-state index contributed by atoms with van der Waals surface area (Å²) >= 11 is 0. The fourth-order valence-electron chi connectivity index (χ4n) is 3.01. The van der Waals surface area contributed by atoms with E-state index < -0.39 is 6.04 Å². The molecule has 0 aliphatic rings. The van der Waals surface area contributed by atoms with Crippen LogP contribution >= 0.6 is 0 Å². The normalized spacial score (nSPS) is 12.3. The molecule has 0 saturated carbocycles. The zero-order chi connectivity index (χ0) is 18.7. The maximum atomic E-state index is 12.7. The van der Waals surface area contributed by atoms with E-state index >= 15 is 0 Å². The summed E-state index contributed by atoms with van der Waals surface area (Å²) in [5.74, 6) is 0.292. The van der Waals surface area contributed by atoms with Crippen molar-refractivity contribution >= 4 is 16.8 Å². The quantitative estimate of drug-likeness (QED) is 0.739. The highest BCUT2D eigenvalue weighted by Gasteiger charge is 2.23. The minimum absolute atomic E-state index is 0.142. The van der Waals surface area contributed by atoms with Crippen molar-refractivity contribution in [2.24, 2.45) is 0 Å². The predicted octanol–water partition coefficient (Wildman–Crippen LogP) is 2.15. The van der Waals surface area contributed by atoms with Gasteiger partial charge in [-0.25, -0.2) is 4.98 Å². The summed E-state index contributed by atoms with van der Waals surface area (Å²) in [6.45, 7) is 2.16. The molecule has 6 heteroatoms. The molecular formula is C20H22N4O2. The minimum atomic E-state index is -0.415. The Kier molecular flexibility index (Phi) is 5.14. The van der Waals surface area contributed by atoms with Crippen LogP contribution in [0.15, 0.2) is 53.3 Å². The number of hydrogen-bond acceptors (Lipinski definition) is 4. The van der Waals surface area contributed by atoms with Gasteiger partial charge in [-0.05, 0) is 38.7 Å². The number of hydrogen-bond donors (Lipinski definition) is 2. The number of para-hydroxylation sites is 1. The molecule has 3 aromatic rings. The number of benzene rings is 2. The van der Waals surface area contributed by atoms with Crippen molar-refractivity contribution in [1.29, 1.82) is 0 Å². The molecule has 3 rings (SSSR count). The lowest BCUT2D eigenvalue weighted by Crippen LogP contribution is -2.37. The molecule has 0 radical (unpaired) electrons. The molecule has 134 valence electrons. The molecule has 0 fully saturated rings. The van der Waals surface area contributed by atoms with Crippen molar-refractivity contribution in [3.05, 3.63) is 75.8 Å². The molecule has 0 saturated heterocycles. The molecule has 0 spiro atoms. The fraction of sp³-hybridized carbons (Fsp3) is 0.250. The van der Waals surface area contributed by atoms with Crippen LogP contribution in [0, 0.1) is 6.92 Å². The van der Waals surface area contributed by atoms with Gasteiger partial charge in [0.25, 0.3) is 5.56 Å². The van der Waals surface area contributed by atoms with Crippen LogP contribution in [-0.2, 0) is 11.3 Å². The molecule has 0 aliphatic heterocycles. The Morgan fingerprint density at radius 2 is 1.96 bits per heavy atom. The van der Waals surface area contributed by atoms with Crippen molar-refractivity contribution in [1.82, 2.24) is 20.2 Å². The van der Waals surface area contributed by atoms with Crippen LogP contribution in [0.3, 0.4) is 0 Å². The van der Waals surface area contributed by atoms with Crippen LogP contribution in [0.5, 0.6) is 0 Å². The van der Waals surface area contributed by atoms with Crippen LogP contribution in [0.1, 0.15) is 23.0 Å². The number of H-pyrrole nitrogens is 1. The number of aromatic nitrogens is 2. The highest BCUT2D eigenvalue weighted by atomic mass is 16.2. The van der Waals surface area contributed by atoms with E-state index in [1.807, 2.05) is 56.3 Å². The van der Waals surface area contributed by atoms with Crippen molar-refractivity contribution < 1.29 is 4.79 Å². The summed E-state index contributed by atoms with van der Waals surface area (Å²) in [6, 6.07) is 14.6. The van der Waals surface area contributed by atoms with Gasteiger partial charge in [-0.1, -0.05) is 42.0 Å². The maximum absolute atomic E-state index is 12.7. The standard InChI is InChI=1S/C20H22N4O2/c1-13-7-6-8-14(11-13)18(24(2)3)20(26)21-12-17-22-16-10-5-4-9-15(16)19(25)23-17/h4-11,18H,12H2,1-3H3,(H,21,26)(H,22,23,25). The third-order valence-electron chi connectivity index (χ3n) is 4.21. The highest BCUT2D eigenvalue weighted by molar-refractivity contribution is 5.83. The van der Waals surface area contributed by atoms with E-state index in [4.69, 9.17) is 0 Å². The van der Waals surface area contributed by atoms with E-state index in [0.717, 1.165) is 11.1 Å². The monoisotopic (exact) mass is 350 g/mol. The van der Waals surface area contributed by atoms with E-state index in [2.05, 4.69) is 15.3 Å². The number of aromatic amines is 1. The molecule has 1 unspecified atom stereocenters. The van der Waals surface area contributed by atoms with Crippen LogP contribution in [-0.4, -0.2) is 34.9 Å². The van der Waals surface area contributed by atoms with Crippen LogP contribution in [0.25, 0.3) is 10.9 Å². The fourth-order valence-corrected chi connectivity index (χ4v) is 3.01. The van der Waals surface area contributed by atoms with E-state index in [1.165, 1.54) is 0 Å². The highest BCUT2D eigenvalue weighted by Crippen LogP contribution is 2.19. The van der Waals surface area contributed by atoms with Gasteiger partial charge in [-0.15, -0.1) is 0 Å². The third-order valence-corrected chi connectivity index (χ3v) is 4.21. The largest absolute Gasteiger partial charge is 0.347 e. The van der Waals surface area contributed by atoms with Gasteiger partial charge in [0.1, 0.15) is 11.9 Å². The molecular weight excluding hydrogens is 328 g/mol. The number of carbonyl (C=O) groups excluding carboxylic acids is 1. The molecule has 0 aliphatic carbocycles. The lowest BCUT2D eigenvalue weighted by molar-refractivity contribution is -0.126. The molecule has 1 aromatic heterocycles. The van der Waals surface area contributed by atoms with Gasteiger partial charge in [0.05, 0.1) is 17.4 Å². The first-order chi connectivity index (χ1) is 12.5. The van der Waals surface area contributed by atoms with Gasteiger partial charge >= 0.3 is 0 Å². The minimum Gasteiger partial charge on any atom is -0.347 e. The Balaban J connectivity index is 1.79. The molecule has 1 heterocycles. The van der Waals surface area contributed by atoms with Crippen molar-refractivity contribution in [2.45, 2.75) is 19.5 Å². The van der Waals surface area contributed by atoms with Crippen LogP contribution < -0.4 is 10.9 Å². The van der Waals surface area contributed by atoms with Crippen molar-refractivity contribution in [3.8, 4) is 0 Å². The van der Waals surface area contributed by atoms with E-state index in [-0.39, 0.29) is 18.0 Å². The molecule has 1 amide bonds. The van der Waals surface area contributed by atoms with E-state index in [9.17, 15) is 9.59 Å². The number of likely N-dealkylation sites (N-methyl/N-ethyl adjacent to an activating group) is 1. The number of nitrogens with zero attached hydrogens (tertiary/aromatic N) is 2. The molecule has 26 heavy (non-hydrogen) atoms. The SMILES string of the molecule is Cc1cccc(C(C(=O)NCc2nc3ccccc3c(=O)[nH]2)N(C)C)c1. The predicted molar refractivity (Wildman–Crippen MR) is 102 cm³/mol. The Morgan fingerprint density at radius 3 is 2.69 bits per heavy atom. The zero-order valence-electron chi connectivity index (χ0n) is 15.1. The van der Waals surface area contributed by atoms with Crippen molar-refractivity contribution in [2.75, 3.05) is 14.1 Å². The Labute approximate surface area is 151 Å². The summed E-state index contributed by atoms with van der Waals surface area (Å²) in [5.41, 5.74) is 2.43. The number of rotatable bonds is 5. The van der Waals surface area contributed by atoms with Gasteiger partial charge in [0.2, 0.25) is 5.91 Å². The number of nitrogens with one attached hydrogen (secondary N) is 2. The number of amides is 1. The van der Waals surface area contributed by atoms with Crippen LogP contribution in [0.4, 0.5) is 0 Å². The number of fused-ring (bicyclic) bond motifs is 1. The Hall–Kier alpha value is -2.99. The van der Waals surface area contributed by atoms with Gasteiger partial charge < -0.3 is 10.3 Å². The average molecular weight is 350 g/mol. The first-order valence-corrected chi connectivity index (χ1v) is 8.44. The van der Waals surface area contributed by atoms with E-state index in [0.29, 0.717) is 16.7 Å². The second-order valence-corrected chi connectivity index (χ2v) is 6.53. The lowest BCUT2D eigenvalue weighted by Gasteiger charge is -2.24. The van der Waals surface area contributed by atoms with Gasteiger partial charge in [-0.3, -0.25) is 14.5 Å². The van der Waals surface area contributed by atoms with Gasteiger partial charge in [-0.2, -0.15) is 0 Å². The molecule has 1 atom stereocenters. The smallest absolute Gasteiger partial charge is 0.258 e. The molecule has 2 aromatic carbocycles. The molecule has 2 N–H and O–H groups in total. The summed E-state index contributed by atoms with van der Waals surface area (Å²) in [5, 5.41) is 3.41. The summed E-state index contributed by atoms with van der Waals surface area (Å²) in [4.78, 5) is 33.9. The zero-order valence-corrected chi connectivity index (χ0v) is 15.1. The second-order valence-electron chi connectivity index (χ2n) is 6.53. The summed E-state index contributed by atoms with van der Waals surface area (Å²) in [7, 11) is 3.73. The molecule has 0 bridgehead atoms. The Morgan fingerprint density at radius 1 is 1.19 bits per heavy atom. The summed E-state index contributed by atoms with van der Waals surface area (Å²) in [6.07, 6.45) is 0. The third kappa shape index (κ3) is 3.81. The first-order valence-electron chi connectivity index (χ1n) is 8.44. The topological polar surface area (TPSA) is 78.1 Å². The second kappa shape index (κ2) is 7.49. The summed E-state index contributed by atoms with van der Waals surface area (Å²) < 4.78 is 0. The maximum Gasteiger partial charge on any atom is 0.258 e. The van der Waals surface area contributed by atoms with Gasteiger partial charge in [0, 0.05) is 0 Å². The number of carbonyl (C=O) groups is 1. The van der Waals surface area contributed by atoms with Crippen LogP contribution in [0.2, 0.25) is 0 Å².